The summed E-state index contributed by atoms with van der Waals surface area (Å²) in [5.74, 6) is 0. The second-order valence-corrected chi connectivity index (χ2v) is 6.30. The minimum Gasteiger partial charge on any atom is -0.0654 e. The molecule has 0 bridgehead atoms. The molecular formula is C18H39Li3. The monoisotopic (exact) mass is 276 g/mol. The molecule has 0 nitrogen and oxygen atoms in total. The Labute approximate surface area is 169 Å². The van der Waals surface area contributed by atoms with E-state index < -0.39 is 0 Å². The third kappa shape index (κ3) is 27.0. The van der Waals surface area contributed by atoms with Crippen LogP contribution < -0.4 is 0 Å². The predicted molar refractivity (Wildman–Crippen MR) is 104 cm³/mol. The summed E-state index contributed by atoms with van der Waals surface area (Å²) in [6, 6.07) is 0. The molecule has 0 atom stereocenters. The van der Waals surface area contributed by atoms with Crippen molar-refractivity contribution in [2.45, 2.75) is 115 Å². The van der Waals surface area contributed by atoms with Crippen molar-refractivity contribution in [3.8, 4) is 0 Å². The summed E-state index contributed by atoms with van der Waals surface area (Å²) in [4.78, 5) is 0. The topological polar surface area (TPSA) is 0 Å². The molecule has 21 heavy (non-hydrogen) atoms. The third-order valence-corrected chi connectivity index (χ3v) is 4.21. The van der Waals surface area contributed by atoms with Crippen LogP contribution in [0, 0.1) is 0 Å². The van der Waals surface area contributed by atoms with Gasteiger partial charge >= 0.3 is 131 Å². The van der Waals surface area contributed by atoms with Gasteiger partial charge < -0.3 is 0 Å². The van der Waals surface area contributed by atoms with Crippen molar-refractivity contribution in [2.75, 3.05) is 0 Å². The fourth-order valence-corrected chi connectivity index (χ4v) is 2.80. The standard InChI is InChI=1S/C18H37.3Li.2H/c1-3-5-7-9-11-13-15-17-18-16-14-12-10-8-6-4-2;;;;;/h1,3-18H2,2H3;;;;;. The molecule has 0 aromatic heterocycles. The fraction of sp³-hybridized carbons (Fsp3) is 1.00. The number of rotatable bonds is 16. The van der Waals surface area contributed by atoms with Crippen molar-refractivity contribution >= 4 is 55.4 Å². The zero-order valence-electron chi connectivity index (χ0n) is 14.0. The molecule has 3 heteroatoms. The van der Waals surface area contributed by atoms with Crippen LogP contribution in [-0.2, 0) is 0 Å². The Kier molecular flexibility index (Phi) is 35.1. The van der Waals surface area contributed by atoms with Crippen LogP contribution in [0.2, 0.25) is 5.09 Å². The van der Waals surface area contributed by atoms with Gasteiger partial charge in [-0.2, -0.15) is 0 Å². The maximum absolute atomic E-state index is 2.30. The molecule has 0 unspecified atom stereocenters. The van der Waals surface area contributed by atoms with Gasteiger partial charge in [-0.15, -0.1) is 0 Å². The smallest absolute Gasteiger partial charge is 0.0654 e. The molecule has 0 aromatic rings. The molecule has 0 aromatic carbocycles. The average Bonchev–Trinajstić information content (AvgIpc) is 2.43. The van der Waals surface area contributed by atoms with Crippen molar-refractivity contribution in [2.24, 2.45) is 0 Å². The van der Waals surface area contributed by atoms with Gasteiger partial charge in [0.25, 0.3) is 0 Å². The van der Waals surface area contributed by atoms with E-state index in [9.17, 15) is 0 Å². The molecule has 0 spiro atoms. The SMILES string of the molecule is [LiH].[LiH].[Li][CH2]CCCCCCCCCCCCCCCCC. The van der Waals surface area contributed by atoms with Gasteiger partial charge in [-0.1, -0.05) is 39.0 Å². The molecule has 0 radical (unpaired) electrons. The first kappa shape index (κ1) is 27.6. The minimum atomic E-state index is 0. The summed E-state index contributed by atoms with van der Waals surface area (Å²) < 4.78 is 0. The summed E-state index contributed by atoms with van der Waals surface area (Å²) in [7, 11) is 0. The Hall–Kier alpha value is 1.79. The molecule has 0 saturated heterocycles. The first-order valence-corrected chi connectivity index (χ1v) is 9.41. The van der Waals surface area contributed by atoms with Gasteiger partial charge in [0, 0.05) is 0 Å². The molecule has 0 rings (SSSR count). The number of hydrogen-bond donors (Lipinski definition) is 0. The van der Waals surface area contributed by atoms with Crippen LogP contribution in [0.5, 0.6) is 0 Å². The maximum atomic E-state index is 2.30. The van der Waals surface area contributed by atoms with Crippen LogP contribution in [0.4, 0.5) is 0 Å². The van der Waals surface area contributed by atoms with Gasteiger partial charge in [0.1, 0.15) is 0 Å². The van der Waals surface area contributed by atoms with E-state index in [-0.39, 0.29) is 37.7 Å². The molecular weight excluding hydrogens is 237 g/mol. The second kappa shape index (κ2) is 26.7. The van der Waals surface area contributed by atoms with E-state index in [2.05, 4.69) is 24.6 Å². The van der Waals surface area contributed by atoms with Gasteiger partial charge in [0.05, 0.1) is 0 Å². The van der Waals surface area contributed by atoms with Crippen LogP contribution in [0.3, 0.4) is 0 Å². The number of hydrogen-bond acceptors (Lipinski definition) is 0. The Morgan fingerprint density at radius 2 is 0.667 bits per heavy atom. The van der Waals surface area contributed by atoms with Gasteiger partial charge in [0.15, 0.2) is 0 Å². The molecule has 114 valence electrons. The minimum absolute atomic E-state index is 0. The Bertz CT molecular complexity index is 135. The Morgan fingerprint density at radius 3 is 0.905 bits per heavy atom. The summed E-state index contributed by atoms with van der Waals surface area (Å²) in [6.45, 7) is 2.30. The van der Waals surface area contributed by atoms with Crippen molar-refractivity contribution in [3.63, 3.8) is 0 Å². The summed E-state index contributed by atoms with van der Waals surface area (Å²) >= 11 is 2.30. The molecule has 0 amide bonds. The van der Waals surface area contributed by atoms with Crippen LogP contribution in [-0.4, -0.2) is 55.4 Å². The molecule has 0 aliphatic rings. The molecule has 0 fully saturated rings. The average molecular weight is 276 g/mol. The first-order chi connectivity index (χ1) is 9.41. The van der Waals surface area contributed by atoms with E-state index in [0.29, 0.717) is 0 Å². The van der Waals surface area contributed by atoms with Crippen molar-refractivity contribution in [3.05, 3.63) is 0 Å². The Balaban J connectivity index is -0.00000162. The van der Waals surface area contributed by atoms with E-state index in [0.717, 1.165) is 0 Å². The molecule has 0 saturated carbocycles. The predicted octanol–water partition coefficient (Wildman–Crippen LogP) is 5.54. The summed E-state index contributed by atoms with van der Waals surface area (Å²) in [5, 5.41) is 1.37. The van der Waals surface area contributed by atoms with E-state index in [1.165, 1.54) is 108 Å². The van der Waals surface area contributed by atoms with Gasteiger partial charge in [0.2, 0.25) is 0 Å². The zero-order chi connectivity index (χ0) is 14.0. The quantitative estimate of drug-likeness (QED) is 0.256. The zero-order valence-corrected chi connectivity index (χ0v) is 14.0. The molecule has 0 heterocycles. The first-order valence-electron chi connectivity index (χ1n) is 9.41. The summed E-state index contributed by atoms with van der Waals surface area (Å²) in [5.41, 5.74) is 0. The second-order valence-electron chi connectivity index (χ2n) is 6.30. The van der Waals surface area contributed by atoms with Gasteiger partial charge in [-0.25, -0.2) is 0 Å². The van der Waals surface area contributed by atoms with E-state index in [1.807, 2.05) is 0 Å². The molecule has 0 aliphatic heterocycles. The van der Waals surface area contributed by atoms with Gasteiger partial charge in [-0.05, 0) is 0 Å². The molecule has 0 N–H and O–H groups in total. The third-order valence-electron chi connectivity index (χ3n) is 4.21. The van der Waals surface area contributed by atoms with Crippen LogP contribution in [0.1, 0.15) is 110 Å². The molecule has 0 aliphatic carbocycles. The van der Waals surface area contributed by atoms with E-state index in [4.69, 9.17) is 0 Å². The van der Waals surface area contributed by atoms with E-state index >= 15 is 0 Å². The van der Waals surface area contributed by atoms with Crippen LogP contribution in [0.25, 0.3) is 0 Å². The van der Waals surface area contributed by atoms with Crippen LogP contribution >= 0.6 is 0 Å². The van der Waals surface area contributed by atoms with Crippen molar-refractivity contribution in [1.82, 2.24) is 0 Å². The normalized spacial score (nSPS) is 10.0. The van der Waals surface area contributed by atoms with Crippen molar-refractivity contribution < 1.29 is 0 Å². The van der Waals surface area contributed by atoms with Crippen LogP contribution in [0.15, 0.2) is 0 Å². The van der Waals surface area contributed by atoms with Crippen molar-refractivity contribution in [1.29, 1.82) is 0 Å². The fourth-order valence-electron chi connectivity index (χ4n) is 2.80. The van der Waals surface area contributed by atoms with E-state index in [1.54, 1.807) is 0 Å². The summed E-state index contributed by atoms with van der Waals surface area (Å²) in [6.07, 6.45) is 23.5. The Morgan fingerprint density at radius 1 is 0.429 bits per heavy atom. The van der Waals surface area contributed by atoms with Gasteiger partial charge in [-0.3, -0.25) is 0 Å². The number of unbranched alkanes of at least 4 members (excludes halogenated alkanes) is 15.